The molecule has 0 heterocycles. The van der Waals surface area contributed by atoms with Crippen LogP contribution in [0.3, 0.4) is 0 Å². The summed E-state index contributed by atoms with van der Waals surface area (Å²) in [4.78, 5) is 11.9. The van der Waals surface area contributed by atoms with Crippen LogP contribution in [0.5, 0.6) is 0 Å². The van der Waals surface area contributed by atoms with Crippen molar-refractivity contribution in [2.45, 2.75) is 32.1 Å². The minimum absolute atomic E-state index is 0.0161. The Balaban J connectivity index is 3.11. The zero-order valence-electron chi connectivity index (χ0n) is 11.2. The molecule has 1 rings (SSSR count). The van der Waals surface area contributed by atoms with Crippen LogP contribution in [0.15, 0.2) is 34.7 Å². The van der Waals surface area contributed by atoms with Gasteiger partial charge in [-0.25, -0.2) is 13.6 Å². The van der Waals surface area contributed by atoms with E-state index >= 15 is 0 Å². The van der Waals surface area contributed by atoms with Crippen LogP contribution in [0.2, 0.25) is 0 Å². The number of carbonyl (C=O) groups is 1. The summed E-state index contributed by atoms with van der Waals surface area (Å²) in [6.45, 7) is 5.25. The van der Waals surface area contributed by atoms with Gasteiger partial charge < -0.3 is 5.32 Å². The van der Waals surface area contributed by atoms with Crippen LogP contribution in [0.1, 0.15) is 25.8 Å². The highest BCUT2D eigenvalue weighted by Crippen LogP contribution is 2.22. The summed E-state index contributed by atoms with van der Waals surface area (Å²) in [5.41, 5.74) is 1.46. The molecule has 0 aliphatic carbocycles. The van der Waals surface area contributed by atoms with Crippen LogP contribution >= 0.6 is 0 Å². The number of benzene rings is 1. The second kappa shape index (κ2) is 5.99. The largest absolute Gasteiger partial charge is 0.322 e. The molecule has 5 nitrogen and oxygen atoms in total. The molecular formula is C13H18N2O3S. The summed E-state index contributed by atoms with van der Waals surface area (Å²) in [5.74, 6) is -0.253. The van der Waals surface area contributed by atoms with Gasteiger partial charge in [-0.15, -0.1) is 0 Å². The molecule has 1 aromatic rings. The first kappa shape index (κ1) is 15.4. The van der Waals surface area contributed by atoms with Crippen molar-refractivity contribution in [3.05, 3.63) is 35.4 Å². The van der Waals surface area contributed by atoms with E-state index in [1.807, 2.05) is 6.92 Å². The first-order chi connectivity index (χ1) is 8.77. The number of hydrogen-bond acceptors (Lipinski definition) is 3. The molecule has 1 aromatic carbocycles. The molecule has 0 aromatic heterocycles. The van der Waals surface area contributed by atoms with Gasteiger partial charge >= 0.3 is 0 Å². The Morgan fingerprint density at radius 2 is 2.05 bits per heavy atom. The van der Waals surface area contributed by atoms with Crippen molar-refractivity contribution in [3.63, 3.8) is 0 Å². The lowest BCUT2D eigenvalue weighted by atomic mass is 10.2. The van der Waals surface area contributed by atoms with Crippen molar-refractivity contribution in [1.82, 2.24) is 0 Å². The number of nitrogens with one attached hydrogen (secondary N) is 1. The molecule has 0 spiro atoms. The third-order valence-corrected chi connectivity index (χ3v) is 3.76. The van der Waals surface area contributed by atoms with Crippen LogP contribution in [0.25, 0.3) is 0 Å². The monoisotopic (exact) mass is 282 g/mol. The summed E-state index contributed by atoms with van der Waals surface area (Å²) in [5, 5.41) is 7.79. The van der Waals surface area contributed by atoms with E-state index in [0.717, 1.165) is 6.42 Å². The Morgan fingerprint density at radius 3 is 2.58 bits per heavy atom. The van der Waals surface area contributed by atoms with E-state index in [1.165, 1.54) is 6.07 Å². The molecule has 0 unspecified atom stereocenters. The number of primary sulfonamides is 1. The zero-order chi connectivity index (χ0) is 14.6. The van der Waals surface area contributed by atoms with Gasteiger partial charge in [0.25, 0.3) is 5.91 Å². The number of amides is 1. The van der Waals surface area contributed by atoms with E-state index in [9.17, 15) is 13.2 Å². The maximum Gasteiger partial charge on any atom is 0.250 e. The van der Waals surface area contributed by atoms with Crippen molar-refractivity contribution < 1.29 is 13.2 Å². The minimum Gasteiger partial charge on any atom is -0.322 e. The van der Waals surface area contributed by atoms with Crippen molar-refractivity contribution in [2.24, 2.45) is 5.14 Å². The molecule has 0 aliphatic rings. The van der Waals surface area contributed by atoms with Gasteiger partial charge in [0, 0.05) is 11.3 Å². The van der Waals surface area contributed by atoms with Gasteiger partial charge in [-0.1, -0.05) is 19.1 Å². The van der Waals surface area contributed by atoms with Gasteiger partial charge in [-0.3, -0.25) is 4.79 Å². The Labute approximate surface area is 113 Å². The molecule has 3 N–H and O–H groups in total. The first-order valence-electron chi connectivity index (χ1n) is 5.88. The van der Waals surface area contributed by atoms with Crippen LogP contribution in [0, 0.1) is 6.92 Å². The third kappa shape index (κ3) is 3.90. The third-order valence-electron chi connectivity index (χ3n) is 2.71. The highest BCUT2D eigenvalue weighted by Gasteiger charge is 2.15. The van der Waals surface area contributed by atoms with Crippen molar-refractivity contribution in [1.29, 1.82) is 0 Å². The molecule has 0 bridgehead atoms. The number of sulfonamides is 1. The summed E-state index contributed by atoms with van der Waals surface area (Å²) in [6, 6.07) is 4.59. The molecule has 0 aliphatic heterocycles. The van der Waals surface area contributed by atoms with Crippen LogP contribution < -0.4 is 10.5 Å². The molecule has 6 heteroatoms. The summed E-state index contributed by atoms with van der Waals surface area (Å²) < 4.78 is 22.8. The lowest BCUT2D eigenvalue weighted by molar-refractivity contribution is -0.112. The summed E-state index contributed by atoms with van der Waals surface area (Å²) >= 11 is 0. The quantitative estimate of drug-likeness (QED) is 0.827. The molecular weight excluding hydrogens is 264 g/mol. The van der Waals surface area contributed by atoms with Crippen molar-refractivity contribution in [2.75, 3.05) is 5.32 Å². The molecule has 1 amide bonds. The average molecular weight is 282 g/mol. The molecule has 0 fully saturated rings. The molecule has 0 saturated carbocycles. The lowest BCUT2D eigenvalue weighted by Crippen LogP contribution is -2.17. The van der Waals surface area contributed by atoms with Crippen LogP contribution in [-0.4, -0.2) is 14.3 Å². The Hall–Kier alpha value is -1.66. The van der Waals surface area contributed by atoms with E-state index in [-0.39, 0.29) is 10.8 Å². The second-order valence-corrected chi connectivity index (χ2v) is 5.75. The van der Waals surface area contributed by atoms with Gasteiger partial charge in [0.15, 0.2) is 0 Å². The predicted octanol–water partition coefficient (Wildman–Crippen LogP) is 1.94. The van der Waals surface area contributed by atoms with Crippen LogP contribution in [-0.2, 0) is 14.8 Å². The highest BCUT2D eigenvalue weighted by atomic mass is 32.2. The number of allylic oxidation sites excluding steroid dienone is 1. The normalized spacial score (nSPS) is 12.3. The minimum atomic E-state index is -3.79. The van der Waals surface area contributed by atoms with Crippen molar-refractivity contribution in [3.8, 4) is 0 Å². The van der Waals surface area contributed by atoms with E-state index in [1.54, 1.807) is 32.1 Å². The summed E-state index contributed by atoms with van der Waals surface area (Å²) in [6.07, 6.45) is 2.56. The SMILES string of the molecule is CC/C=C(/C)C(=O)Nc1cccc(S(N)(=O)=O)c1C. The molecule has 104 valence electrons. The smallest absolute Gasteiger partial charge is 0.250 e. The number of rotatable bonds is 4. The Bertz CT molecular complexity index is 619. The maximum atomic E-state index is 11.9. The predicted molar refractivity (Wildman–Crippen MR) is 75.2 cm³/mol. The summed E-state index contributed by atoms with van der Waals surface area (Å²) in [7, 11) is -3.79. The molecule has 0 radical (unpaired) electrons. The van der Waals surface area contributed by atoms with E-state index < -0.39 is 10.0 Å². The number of hydrogen-bond donors (Lipinski definition) is 2. The zero-order valence-corrected chi connectivity index (χ0v) is 12.0. The van der Waals surface area contributed by atoms with Crippen LogP contribution in [0.4, 0.5) is 5.69 Å². The first-order valence-corrected chi connectivity index (χ1v) is 7.42. The van der Waals surface area contributed by atoms with Gasteiger partial charge in [0.2, 0.25) is 10.0 Å². The second-order valence-electron chi connectivity index (χ2n) is 4.22. The highest BCUT2D eigenvalue weighted by molar-refractivity contribution is 7.89. The number of anilines is 1. The Morgan fingerprint density at radius 1 is 1.42 bits per heavy atom. The topological polar surface area (TPSA) is 89.3 Å². The number of nitrogens with two attached hydrogens (primary N) is 1. The average Bonchev–Trinajstić information content (AvgIpc) is 2.30. The number of carbonyl (C=O) groups excluding carboxylic acids is 1. The molecule has 0 atom stereocenters. The lowest BCUT2D eigenvalue weighted by Gasteiger charge is -2.11. The fraction of sp³-hybridized carbons (Fsp3) is 0.308. The van der Waals surface area contributed by atoms with Crippen molar-refractivity contribution >= 4 is 21.6 Å². The van der Waals surface area contributed by atoms with Gasteiger partial charge in [-0.2, -0.15) is 0 Å². The van der Waals surface area contributed by atoms with Gasteiger partial charge in [-0.05, 0) is 38.0 Å². The van der Waals surface area contributed by atoms with Gasteiger partial charge in [0.05, 0.1) is 4.90 Å². The molecule has 19 heavy (non-hydrogen) atoms. The fourth-order valence-corrected chi connectivity index (χ4v) is 2.48. The van der Waals surface area contributed by atoms with E-state index in [2.05, 4.69) is 5.32 Å². The Kier molecular flexibility index (Phi) is 4.85. The standard InChI is InChI=1S/C13H18N2O3S/c1-4-6-9(2)13(16)15-11-7-5-8-12(10(11)3)19(14,17)18/h5-8H,4H2,1-3H3,(H,15,16)(H2,14,17,18)/b9-6-. The van der Waals surface area contributed by atoms with E-state index in [4.69, 9.17) is 5.14 Å². The molecule has 0 saturated heterocycles. The van der Waals surface area contributed by atoms with Gasteiger partial charge in [0.1, 0.15) is 0 Å². The van der Waals surface area contributed by atoms with E-state index in [0.29, 0.717) is 16.8 Å². The maximum absolute atomic E-state index is 11.9. The fourth-order valence-electron chi connectivity index (χ4n) is 1.68.